The molecule has 8 nitrogen and oxygen atoms in total. The molecule has 3 atom stereocenters. The summed E-state index contributed by atoms with van der Waals surface area (Å²) < 4.78 is 11.8. The number of ketones is 1. The van der Waals surface area contributed by atoms with Crippen molar-refractivity contribution in [2.24, 2.45) is 5.41 Å². The summed E-state index contributed by atoms with van der Waals surface area (Å²) in [4.78, 5) is 45.7. The summed E-state index contributed by atoms with van der Waals surface area (Å²) in [5, 5.41) is 4.76. The Morgan fingerprint density at radius 1 is 1.16 bits per heavy atom. The second-order valence-corrected chi connectivity index (χ2v) is 11.3. The second-order valence-electron chi connectivity index (χ2n) is 11.3. The number of aromatic nitrogens is 1. The number of carbonyl (C=O) groups is 3. The first-order valence-electron chi connectivity index (χ1n) is 13.5. The highest BCUT2D eigenvalue weighted by atomic mass is 16.5. The number of amides is 2. The number of fused-ring (bicyclic) bond motifs is 3. The third-order valence-electron chi connectivity index (χ3n) is 7.20. The van der Waals surface area contributed by atoms with E-state index in [1.54, 1.807) is 11.1 Å². The standard InChI is InChI=1S/C29H39N3O5/c1-5-9-24(33)23-17-21-18-32(23)27(34)25(29(2,3)4)31-28(35)36-15-8-6-7-10-19-11-12-20-13-14-30-26(37-21)22(20)16-19/h11-14,16,21,23,25H,5-10,15,17-18H2,1-4H3,(H,31,35)/t21-,23+,25-/m1/s1. The van der Waals surface area contributed by atoms with Gasteiger partial charge in [0.15, 0.2) is 5.78 Å². The van der Waals surface area contributed by atoms with Crippen molar-refractivity contribution < 1.29 is 23.9 Å². The minimum atomic E-state index is -0.840. The molecule has 200 valence electrons. The Labute approximate surface area is 219 Å². The lowest BCUT2D eigenvalue weighted by molar-refractivity contribution is -0.141. The van der Waals surface area contributed by atoms with Crippen LogP contribution >= 0.6 is 0 Å². The molecule has 2 aromatic rings. The summed E-state index contributed by atoms with van der Waals surface area (Å²) in [5.74, 6) is 0.242. The van der Waals surface area contributed by atoms with Crippen molar-refractivity contribution in [3.63, 3.8) is 0 Å². The van der Waals surface area contributed by atoms with E-state index in [9.17, 15) is 14.4 Å². The number of cyclic esters (lactones) is 1. The number of alkyl carbamates (subject to hydrolysis) is 1. The van der Waals surface area contributed by atoms with E-state index in [1.165, 1.54) is 5.56 Å². The molecule has 1 fully saturated rings. The molecule has 8 heteroatoms. The summed E-state index contributed by atoms with van der Waals surface area (Å²) in [6.07, 6.45) is 5.74. The molecule has 3 heterocycles. The van der Waals surface area contributed by atoms with Crippen LogP contribution in [0.2, 0.25) is 0 Å². The Morgan fingerprint density at radius 3 is 2.73 bits per heavy atom. The lowest BCUT2D eigenvalue weighted by atomic mass is 9.85. The number of carbonyl (C=O) groups excluding carboxylic acids is 3. The topological polar surface area (TPSA) is 97.8 Å². The van der Waals surface area contributed by atoms with E-state index in [4.69, 9.17) is 9.47 Å². The van der Waals surface area contributed by atoms with Gasteiger partial charge in [-0.3, -0.25) is 9.59 Å². The fraction of sp³-hybridized carbons (Fsp3) is 0.586. The van der Waals surface area contributed by atoms with Crippen molar-refractivity contribution in [1.29, 1.82) is 0 Å². The zero-order chi connectivity index (χ0) is 26.6. The highest BCUT2D eigenvalue weighted by molar-refractivity contribution is 5.93. The monoisotopic (exact) mass is 509 g/mol. The quantitative estimate of drug-likeness (QED) is 0.637. The van der Waals surface area contributed by atoms with Gasteiger partial charge in [-0.05, 0) is 60.6 Å². The van der Waals surface area contributed by atoms with Crippen molar-refractivity contribution in [3.8, 4) is 5.88 Å². The normalized spacial score (nSPS) is 23.7. The zero-order valence-electron chi connectivity index (χ0n) is 22.4. The van der Waals surface area contributed by atoms with Crippen LogP contribution in [0.15, 0.2) is 30.5 Å². The molecule has 1 aromatic heterocycles. The number of nitrogens with one attached hydrogen (secondary N) is 1. The van der Waals surface area contributed by atoms with Crippen LogP contribution in [0, 0.1) is 5.41 Å². The molecule has 0 saturated carbocycles. The average Bonchev–Trinajstić information content (AvgIpc) is 3.27. The van der Waals surface area contributed by atoms with E-state index in [0.29, 0.717) is 31.7 Å². The van der Waals surface area contributed by atoms with Gasteiger partial charge in [-0.2, -0.15) is 0 Å². The van der Waals surface area contributed by atoms with Crippen LogP contribution in [-0.4, -0.2) is 59.0 Å². The number of rotatable bonds is 3. The minimum absolute atomic E-state index is 0.0104. The number of hydrogen-bond acceptors (Lipinski definition) is 6. The summed E-state index contributed by atoms with van der Waals surface area (Å²) in [7, 11) is 0. The Hall–Kier alpha value is -3.16. The van der Waals surface area contributed by atoms with Crippen molar-refractivity contribution in [2.45, 2.75) is 90.8 Å². The Kier molecular flexibility index (Phi) is 8.35. The molecule has 1 saturated heterocycles. The van der Waals surface area contributed by atoms with E-state index in [0.717, 1.165) is 36.5 Å². The van der Waals surface area contributed by atoms with Crippen molar-refractivity contribution in [1.82, 2.24) is 15.2 Å². The number of aryl methyl sites for hydroxylation is 1. The number of Topliss-reactive ketones (excluding diaryl/α,β-unsaturated/α-hetero) is 1. The van der Waals surface area contributed by atoms with E-state index in [-0.39, 0.29) is 24.3 Å². The molecule has 2 amide bonds. The highest BCUT2D eigenvalue weighted by Crippen LogP contribution is 2.31. The van der Waals surface area contributed by atoms with Gasteiger partial charge in [-0.1, -0.05) is 39.8 Å². The molecule has 0 spiro atoms. The van der Waals surface area contributed by atoms with Gasteiger partial charge in [0.25, 0.3) is 0 Å². The summed E-state index contributed by atoms with van der Waals surface area (Å²) in [6, 6.07) is 6.84. The Bertz CT molecular complexity index is 1140. The summed E-state index contributed by atoms with van der Waals surface area (Å²) in [5.41, 5.74) is 0.610. The van der Waals surface area contributed by atoms with E-state index in [1.807, 2.05) is 33.8 Å². The molecule has 4 rings (SSSR count). The average molecular weight is 510 g/mol. The van der Waals surface area contributed by atoms with Gasteiger partial charge in [0.1, 0.15) is 12.1 Å². The lowest BCUT2D eigenvalue weighted by Crippen LogP contribution is -2.57. The van der Waals surface area contributed by atoms with E-state index < -0.39 is 23.6 Å². The first kappa shape index (κ1) is 26.9. The maximum absolute atomic E-state index is 13.9. The maximum atomic E-state index is 13.9. The minimum Gasteiger partial charge on any atom is -0.472 e. The summed E-state index contributed by atoms with van der Waals surface area (Å²) in [6.45, 7) is 8.18. The van der Waals surface area contributed by atoms with Gasteiger partial charge in [-0.15, -0.1) is 0 Å². The molecule has 0 aliphatic carbocycles. The van der Waals surface area contributed by atoms with Crippen molar-refractivity contribution in [3.05, 3.63) is 36.0 Å². The number of pyridine rings is 1. The van der Waals surface area contributed by atoms with Crippen LogP contribution < -0.4 is 10.1 Å². The third-order valence-corrected chi connectivity index (χ3v) is 7.20. The molecule has 1 N–H and O–H groups in total. The first-order chi connectivity index (χ1) is 17.7. The fourth-order valence-corrected chi connectivity index (χ4v) is 5.19. The highest BCUT2D eigenvalue weighted by Gasteiger charge is 2.45. The Balaban J connectivity index is 1.70. The van der Waals surface area contributed by atoms with Gasteiger partial charge in [0.05, 0.1) is 19.2 Å². The predicted octanol–water partition coefficient (Wildman–Crippen LogP) is 4.82. The number of nitrogens with zero attached hydrogens (tertiary/aromatic N) is 2. The number of benzene rings is 1. The van der Waals surface area contributed by atoms with Gasteiger partial charge < -0.3 is 19.7 Å². The lowest BCUT2D eigenvalue weighted by Gasteiger charge is -2.35. The largest absolute Gasteiger partial charge is 0.472 e. The number of ether oxygens (including phenoxy) is 2. The molecule has 2 aliphatic rings. The van der Waals surface area contributed by atoms with Crippen LogP contribution in [0.4, 0.5) is 4.79 Å². The fourth-order valence-electron chi connectivity index (χ4n) is 5.19. The molecule has 37 heavy (non-hydrogen) atoms. The van der Waals surface area contributed by atoms with Gasteiger partial charge in [0.2, 0.25) is 11.8 Å². The second kappa shape index (κ2) is 11.5. The van der Waals surface area contributed by atoms with Gasteiger partial charge >= 0.3 is 6.09 Å². The first-order valence-corrected chi connectivity index (χ1v) is 13.5. The molecular weight excluding hydrogens is 470 g/mol. The van der Waals surface area contributed by atoms with E-state index in [2.05, 4.69) is 28.5 Å². The van der Waals surface area contributed by atoms with Gasteiger partial charge in [0, 0.05) is 24.4 Å². The smallest absolute Gasteiger partial charge is 0.407 e. The molecule has 0 radical (unpaired) electrons. The Morgan fingerprint density at radius 2 is 1.97 bits per heavy atom. The van der Waals surface area contributed by atoms with Crippen LogP contribution in [-0.2, 0) is 20.7 Å². The SMILES string of the molecule is CCCC(=O)[C@@H]1C[C@@H]2CN1C(=O)[C@H](C(C)(C)C)NC(=O)OCCCCCc1ccc3ccnc(c3c1)O2. The van der Waals surface area contributed by atoms with Crippen LogP contribution in [0.5, 0.6) is 5.88 Å². The summed E-state index contributed by atoms with van der Waals surface area (Å²) >= 11 is 0. The van der Waals surface area contributed by atoms with Gasteiger partial charge in [-0.25, -0.2) is 9.78 Å². The molecule has 1 aromatic carbocycles. The zero-order valence-corrected chi connectivity index (χ0v) is 22.4. The molecule has 0 unspecified atom stereocenters. The number of hydrogen-bond donors (Lipinski definition) is 1. The predicted molar refractivity (Wildman–Crippen MR) is 141 cm³/mol. The molecule has 4 bridgehead atoms. The third kappa shape index (κ3) is 6.40. The van der Waals surface area contributed by atoms with Crippen LogP contribution in [0.3, 0.4) is 0 Å². The van der Waals surface area contributed by atoms with Crippen LogP contribution in [0.1, 0.15) is 71.8 Å². The van der Waals surface area contributed by atoms with Crippen molar-refractivity contribution in [2.75, 3.05) is 13.2 Å². The van der Waals surface area contributed by atoms with Crippen LogP contribution in [0.25, 0.3) is 10.8 Å². The van der Waals surface area contributed by atoms with Crippen molar-refractivity contribution >= 4 is 28.6 Å². The molecular formula is C29H39N3O5. The maximum Gasteiger partial charge on any atom is 0.407 e. The van der Waals surface area contributed by atoms with E-state index >= 15 is 0 Å². The molecule has 2 aliphatic heterocycles.